The first kappa shape index (κ1) is 16.1. The van der Waals surface area contributed by atoms with Crippen molar-refractivity contribution in [2.75, 3.05) is 0 Å². The Kier molecular flexibility index (Phi) is 4.40. The minimum atomic E-state index is 0.724. The maximum absolute atomic E-state index is 4.70. The molecule has 0 saturated heterocycles. The van der Waals surface area contributed by atoms with Crippen LogP contribution in [0.5, 0.6) is 0 Å². The molecule has 25 heavy (non-hydrogen) atoms. The number of benzene rings is 2. The van der Waals surface area contributed by atoms with Gasteiger partial charge in [0.1, 0.15) is 0 Å². The first-order chi connectivity index (χ1) is 12.2. The van der Waals surface area contributed by atoms with Crippen molar-refractivity contribution in [3.63, 3.8) is 0 Å². The highest BCUT2D eigenvalue weighted by molar-refractivity contribution is 5.75. The van der Waals surface area contributed by atoms with Crippen LogP contribution in [0.1, 0.15) is 48.3 Å². The summed E-state index contributed by atoms with van der Waals surface area (Å²) < 4.78 is 0. The van der Waals surface area contributed by atoms with Gasteiger partial charge in [0.15, 0.2) is 0 Å². The zero-order valence-electron chi connectivity index (χ0n) is 15.1. The van der Waals surface area contributed by atoms with Gasteiger partial charge in [0.25, 0.3) is 0 Å². The van der Waals surface area contributed by atoms with Gasteiger partial charge in [-0.25, -0.2) is 0 Å². The standard InChI is InChI=1S/C24H25N/c1-17-7-3-6-10-22(17)21-12-11-18(2)23(15-21)24-16-20(13-14-25-24)19-8-4-5-9-19/h3,6-7,10-16,19H,4-5,8-9H2,1-2H3. The molecule has 0 unspecified atom stereocenters. The van der Waals surface area contributed by atoms with Crippen molar-refractivity contribution in [3.8, 4) is 22.4 Å². The third-order valence-corrected chi connectivity index (χ3v) is 5.58. The highest BCUT2D eigenvalue weighted by atomic mass is 14.7. The Morgan fingerprint density at radius 3 is 2.36 bits per heavy atom. The number of aromatic nitrogens is 1. The normalized spacial score (nSPS) is 14.8. The third kappa shape index (κ3) is 3.24. The Morgan fingerprint density at radius 1 is 0.800 bits per heavy atom. The Bertz CT molecular complexity index is 888. The maximum atomic E-state index is 4.70. The topological polar surface area (TPSA) is 12.9 Å². The van der Waals surface area contributed by atoms with Crippen molar-refractivity contribution >= 4 is 0 Å². The minimum absolute atomic E-state index is 0.724. The van der Waals surface area contributed by atoms with Crippen LogP contribution in [0.3, 0.4) is 0 Å². The molecule has 3 aromatic rings. The van der Waals surface area contributed by atoms with Gasteiger partial charge in [-0.3, -0.25) is 4.98 Å². The molecule has 0 amide bonds. The van der Waals surface area contributed by atoms with Crippen molar-refractivity contribution in [3.05, 3.63) is 77.5 Å². The van der Waals surface area contributed by atoms with Crippen LogP contribution in [0.15, 0.2) is 60.8 Å². The summed E-state index contributed by atoms with van der Waals surface area (Å²) in [5.74, 6) is 0.724. The van der Waals surface area contributed by atoms with Gasteiger partial charge >= 0.3 is 0 Å². The second kappa shape index (κ2) is 6.84. The largest absolute Gasteiger partial charge is 0.256 e. The Hall–Kier alpha value is -2.41. The predicted molar refractivity (Wildman–Crippen MR) is 106 cm³/mol. The lowest BCUT2D eigenvalue weighted by Crippen LogP contribution is -1.95. The van der Waals surface area contributed by atoms with Crippen LogP contribution < -0.4 is 0 Å². The quantitative estimate of drug-likeness (QED) is 0.522. The van der Waals surface area contributed by atoms with Crippen LogP contribution in [0.25, 0.3) is 22.4 Å². The highest BCUT2D eigenvalue weighted by Crippen LogP contribution is 2.36. The summed E-state index contributed by atoms with van der Waals surface area (Å²) in [6, 6.07) is 19.9. The molecule has 0 radical (unpaired) electrons. The van der Waals surface area contributed by atoms with Crippen LogP contribution in [-0.2, 0) is 0 Å². The zero-order valence-corrected chi connectivity index (χ0v) is 15.1. The van der Waals surface area contributed by atoms with Gasteiger partial charge in [-0.05, 0) is 78.6 Å². The second-order valence-electron chi connectivity index (χ2n) is 7.30. The van der Waals surface area contributed by atoms with Gasteiger partial charge in [-0.1, -0.05) is 49.2 Å². The molecule has 1 aliphatic rings. The summed E-state index contributed by atoms with van der Waals surface area (Å²) in [7, 11) is 0. The molecule has 0 spiro atoms. The molecule has 0 atom stereocenters. The van der Waals surface area contributed by atoms with E-state index in [0.29, 0.717) is 0 Å². The highest BCUT2D eigenvalue weighted by Gasteiger charge is 2.18. The fourth-order valence-electron chi connectivity index (χ4n) is 4.07. The lowest BCUT2D eigenvalue weighted by Gasteiger charge is -2.14. The van der Waals surface area contributed by atoms with E-state index in [2.05, 4.69) is 68.4 Å². The summed E-state index contributed by atoms with van der Waals surface area (Å²) in [6.45, 7) is 4.36. The molecule has 0 aliphatic heterocycles. The average molecular weight is 327 g/mol. The number of aryl methyl sites for hydroxylation is 2. The fourth-order valence-corrected chi connectivity index (χ4v) is 4.07. The Labute approximate surface area is 150 Å². The van der Waals surface area contributed by atoms with E-state index in [1.807, 2.05) is 6.20 Å². The maximum Gasteiger partial charge on any atom is 0.0707 e. The van der Waals surface area contributed by atoms with E-state index in [9.17, 15) is 0 Å². The van der Waals surface area contributed by atoms with Crippen LogP contribution >= 0.6 is 0 Å². The summed E-state index contributed by atoms with van der Waals surface area (Å²) in [6.07, 6.45) is 7.37. The van der Waals surface area contributed by atoms with Gasteiger partial charge in [0, 0.05) is 11.8 Å². The minimum Gasteiger partial charge on any atom is -0.256 e. The third-order valence-electron chi connectivity index (χ3n) is 5.58. The molecule has 0 N–H and O–H groups in total. The number of hydrogen-bond acceptors (Lipinski definition) is 1. The molecular formula is C24H25N. The molecular weight excluding hydrogens is 302 g/mol. The van der Waals surface area contributed by atoms with E-state index in [1.54, 1.807) is 0 Å². The van der Waals surface area contributed by atoms with Crippen molar-refractivity contribution < 1.29 is 0 Å². The van der Waals surface area contributed by atoms with E-state index < -0.39 is 0 Å². The van der Waals surface area contributed by atoms with E-state index in [-0.39, 0.29) is 0 Å². The molecule has 1 aromatic heterocycles. The van der Waals surface area contributed by atoms with E-state index >= 15 is 0 Å². The summed E-state index contributed by atoms with van der Waals surface area (Å²) in [5, 5.41) is 0. The molecule has 1 fully saturated rings. The first-order valence-corrected chi connectivity index (χ1v) is 9.35. The average Bonchev–Trinajstić information content (AvgIpc) is 3.18. The molecule has 0 bridgehead atoms. The molecule has 1 heterocycles. The van der Waals surface area contributed by atoms with Gasteiger partial charge in [0.05, 0.1) is 5.69 Å². The molecule has 1 heteroatoms. The van der Waals surface area contributed by atoms with Crippen LogP contribution in [-0.4, -0.2) is 4.98 Å². The lowest BCUT2D eigenvalue weighted by molar-refractivity contribution is 0.722. The molecule has 1 aliphatic carbocycles. The Morgan fingerprint density at radius 2 is 1.56 bits per heavy atom. The second-order valence-corrected chi connectivity index (χ2v) is 7.30. The van der Waals surface area contributed by atoms with E-state index in [4.69, 9.17) is 4.98 Å². The molecule has 1 nitrogen and oxygen atoms in total. The predicted octanol–water partition coefficient (Wildman–Crippen LogP) is 6.69. The smallest absolute Gasteiger partial charge is 0.0707 e. The lowest BCUT2D eigenvalue weighted by atomic mass is 9.93. The van der Waals surface area contributed by atoms with Gasteiger partial charge in [-0.2, -0.15) is 0 Å². The van der Waals surface area contributed by atoms with Gasteiger partial charge in [-0.15, -0.1) is 0 Å². The fraction of sp³-hybridized carbons (Fsp3) is 0.292. The monoisotopic (exact) mass is 327 g/mol. The van der Waals surface area contributed by atoms with E-state index in [1.165, 1.54) is 59.1 Å². The molecule has 1 saturated carbocycles. The zero-order chi connectivity index (χ0) is 17.2. The van der Waals surface area contributed by atoms with Gasteiger partial charge < -0.3 is 0 Å². The molecule has 126 valence electrons. The van der Waals surface area contributed by atoms with Crippen molar-refractivity contribution in [1.82, 2.24) is 4.98 Å². The number of hydrogen-bond donors (Lipinski definition) is 0. The van der Waals surface area contributed by atoms with Crippen LogP contribution in [0, 0.1) is 13.8 Å². The summed E-state index contributed by atoms with van der Waals surface area (Å²) >= 11 is 0. The van der Waals surface area contributed by atoms with Crippen molar-refractivity contribution in [2.24, 2.45) is 0 Å². The van der Waals surface area contributed by atoms with Crippen LogP contribution in [0.2, 0.25) is 0 Å². The Balaban J connectivity index is 1.76. The van der Waals surface area contributed by atoms with Gasteiger partial charge in [0.2, 0.25) is 0 Å². The molecule has 2 aromatic carbocycles. The summed E-state index contributed by atoms with van der Waals surface area (Å²) in [4.78, 5) is 4.70. The van der Waals surface area contributed by atoms with Crippen LogP contribution in [0.4, 0.5) is 0 Å². The number of rotatable bonds is 3. The van der Waals surface area contributed by atoms with E-state index in [0.717, 1.165) is 11.6 Å². The number of pyridine rings is 1. The summed E-state index contributed by atoms with van der Waals surface area (Å²) in [5.41, 5.74) is 8.99. The molecule has 4 rings (SSSR count). The van der Waals surface area contributed by atoms with Crippen molar-refractivity contribution in [2.45, 2.75) is 45.4 Å². The van der Waals surface area contributed by atoms with Crippen molar-refractivity contribution in [1.29, 1.82) is 0 Å². The number of nitrogens with zero attached hydrogens (tertiary/aromatic N) is 1. The SMILES string of the molecule is Cc1ccccc1-c1ccc(C)c(-c2cc(C3CCCC3)ccn2)c1. The first-order valence-electron chi connectivity index (χ1n) is 9.35.